The van der Waals surface area contributed by atoms with E-state index in [0.717, 1.165) is 34.1 Å². The molecule has 0 fully saturated rings. The fourth-order valence-electron chi connectivity index (χ4n) is 3.26. The Morgan fingerprint density at radius 3 is 2.59 bits per heavy atom. The number of nitrogens with one attached hydrogen (secondary N) is 1. The van der Waals surface area contributed by atoms with Gasteiger partial charge in [0.15, 0.2) is 5.15 Å². The molecule has 0 spiro atoms. The maximum atomic E-state index is 13.2. The second-order valence-corrected chi connectivity index (χ2v) is 7.28. The molecule has 29 heavy (non-hydrogen) atoms. The van der Waals surface area contributed by atoms with Gasteiger partial charge in [0.25, 0.3) is 5.91 Å². The van der Waals surface area contributed by atoms with Gasteiger partial charge in [0.2, 0.25) is 0 Å². The number of aryl methyl sites for hydroxylation is 2. The Labute approximate surface area is 174 Å². The van der Waals surface area contributed by atoms with Crippen molar-refractivity contribution in [3.05, 3.63) is 88.7 Å². The maximum absolute atomic E-state index is 13.2. The standard InChI is InChI=1S/C24H20ClN3O/c1-3-16-7-9-17(10-8-16)22-14-19(18-13-15(2)6-11-20(18)27-22)24(29)28-21-5-4-12-26-23(21)25/h4-14H,3H2,1-2H3,(H,28,29). The first-order chi connectivity index (χ1) is 14.0. The van der Waals surface area contributed by atoms with Crippen LogP contribution in [-0.2, 0) is 6.42 Å². The van der Waals surface area contributed by atoms with E-state index in [2.05, 4.69) is 29.4 Å². The first kappa shape index (κ1) is 19.1. The van der Waals surface area contributed by atoms with Crippen LogP contribution in [0.2, 0.25) is 5.15 Å². The molecule has 4 rings (SSSR count). The van der Waals surface area contributed by atoms with Crippen LogP contribution in [0, 0.1) is 6.92 Å². The van der Waals surface area contributed by atoms with Crippen LogP contribution in [0.25, 0.3) is 22.2 Å². The predicted octanol–water partition coefficient (Wildman–Crippen LogP) is 6.07. The lowest BCUT2D eigenvalue weighted by molar-refractivity contribution is 0.102. The Kier molecular flexibility index (Phi) is 5.28. The van der Waals surface area contributed by atoms with Gasteiger partial charge in [0.1, 0.15) is 0 Å². The third-order valence-corrected chi connectivity index (χ3v) is 5.18. The average molecular weight is 402 g/mol. The van der Waals surface area contributed by atoms with Crippen molar-refractivity contribution in [2.24, 2.45) is 0 Å². The molecular formula is C24H20ClN3O. The van der Waals surface area contributed by atoms with Crippen LogP contribution in [0.3, 0.4) is 0 Å². The first-order valence-electron chi connectivity index (χ1n) is 9.47. The summed E-state index contributed by atoms with van der Waals surface area (Å²) in [6, 6.07) is 19.5. The van der Waals surface area contributed by atoms with Crippen LogP contribution >= 0.6 is 11.6 Å². The number of pyridine rings is 2. The van der Waals surface area contributed by atoms with Gasteiger partial charge in [0.05, 0.1) is 22.5 Å². The number of benzene rings is 2. The highest BCUT2D eigenvalue weighted by Crippen LogP contribution is 2.27. The second-order valence-electron chi connectivity index (χ2n) is 6.92. The van der Waals surface area contributed by atoms with E-state index in [1.165, 1.54) is 5.56 Å². The van der Waals surface area contributed by atoms with Crippen molar-refractivity contribution in [3.63, 3.8) is 0 Å². The zero-order valence-electron chi connectivity index (χ0n) is 16.2. The summed E-state index contributed by atoms with van der Waals surface area (Å²) in [4.78, 5) is 22.0. The highest BCUT2D eigenvalue weighted by molar-refractivity contribution is 6.32. The molecule has 2 aromatic heterocycles. The molecule has 4 nitrogen and oxygen atoms in total. The van der Waals surface area contributed by atoms with Gasteiger partial charge in [-0.1, -0.05) is 54.4 Å². The Morgan fingerprint density at radius 1 is 1.07 bits per heavy atom. The van der Waals surface area contributed by atoms with Gasteiger partial charge in [-0.2, -0.15) is 0 Å². The SMILES string of the molecule is CCc1ccc(-c2cc(C(=O)Nc3cccnc3Cl)c3cc(C)ccc3n2)cc1. The molecule has 0 atom stereocenters. The molecule has 2 heterocycles. The fraction of sp³-hybridized carbons (Fsp3) is 0.125. The number of fused-ring (bicyclic) bond motifs is 1. The summed E-state index contributed by atoms with van der Waals surface area (Å²) in [5.41, 5.74) is 5.85. The molecule has 0 aliphatic rings. The number of hydrogen-bond acceptors (Lipinski definition) is 3. The lowest BCUT2D eigenvalue weighted by Crippen LogP contribution is -2.13. The highest BCUT2D eigenvalue weighted by atomic mass is 35.5. The number of nitrogens with zero attached hydrogens (tertiary/aromatic N) is 2. The van der Waals surface area contributed by atoms with Crippen molar-refractivity contribution in [3.8, 4) is 11.3 Å². The van der Waals surface area contributed by atoms with Crippen molar-refractivity contribution < 1.29 is 4.79 Å². The van der Waals surface area contributed by atoms with Crippen molar-refractivity contribution in [1.82, 2.24) is 9.97 Å². The number of hydrogen-bond donors (Lipinski definition) is 1. The third-order valence-electron chi connectivity index (χ3n) is 4.87. The monoisotopic (exact) mass is 401 g/mol. The van der Waals surface area contributed by atoms with E-state index in [9.17, 15) is 4.79 Å². The number of carbonyl (C=O) groups is 1. The van der Waals surface area contributed by atoms with Crippen molar-refractivity contribution in [2.75, 3.05) is 5.32 Å². The summed E-state index contributed by atoms with van der Waals surface area (Å²) >= 11 is 6.12. The molecule has 4 aromatic rings. The summed E-state index contributed by atoms with van der Waals surface area (Å²) in [5, 5.41) is 3.93. The van der Waals surface area contributed by atoms with Gasteiger partial charge in [-0.25, -0.2) is 9.97 Å². The molecule has 1 amide bonds. The second kappa shape index (κ2) is 8.02. The number of aromatic nitrogens is 2. The summed E-state index contributed by atoms with van der Waals surface area (Å²) in [7, 11) is 0. The largest absolute Gasteiger partial charge is 0.319 e. The number of carbonyl (C=O) groups excluding carboxylic acids is 1. The van der Waals surface area contributed by atoms with E-state index < -0.39 is 0 Å². The number of halogens is 1. The molecule has 0 saturated carbocycles. The van der Waals surface area contributed by atoms with E-state index in [-0.39, 0.29) is 11.1 Å². The highest BCUT2D eigenvalue weighted by Gasteiger charge is 2.16. The Hall–Kier alpha value is -3.24. The summed E-state index contributed by atoms with van der Waals surface area (Å²) in [6.07, 6.45) is 2.56. The zero-order chi connectivity index (χ0) is 20.4. The number of rotatable bonds is 4. The normalized spacial score (nSPS) is 10.9. The van der Waals surface area contributed by atoms with Gasteiger partial charge < -0.3 is 5.32 Å². The molecule has 0 unspecified atom stereocenters. The minimum absolute atomic E-state index is 0.246. The van der Waals surface area contributed by atoms with Crippen LogP contribution in [-0.4, -0.2) is 15.9 Å². The van der Waals surface area contributed by atoms with Gasteiger partial charge >= 0.3 is 0 Å². The van der Waals surface area contributed by atoms with Gasteiger partial charge in [-0.3, -0.25) is 4.79 Å². The molecule has 0 radical (unpaired) electrons. The molecule has 1 N–H and O–H groups in total. The topological polar surface area (TPSA) is 54.9 Å². The Balaban J connectivity index is 1.83. The fourth-order valence-corrected chi connectivity index (χ4v) is 3.42. The Bertz CT molecular complexity index is 1200. The zero-order valence-corrected chi connectivity index (χ0v) is 17.0. The van der Waals surface area contributed by atoms with Crippen molar-refractivity contribution in [2.45, 2.75) is 20.3 Å². The summed E-state index contributed by atoms with van der Waals surface area (Å²) < 4.78 is 0. The van der Waals surface area contributed by atoms with E-state index in [4.69, 9.17) is 16.6 Å². The minimum atomic E-state index is -0.246. The molecular weight excluding hydrogens is 382 g/mol. The van der Waals surface area contributed by atoms with Crippen LogP contribution in [0.4, 0.5) is 5.69 Å². The third kappa shape index (κ3) is 3.98. The van der Waals surface area contributed by atoms with Gasteiger partial charge in [0, 0.05) is 17.1 Å². The van der Waals surface area contributed by atoms with Crippen LogP contribution in [0.1, 0.15) is 28.4 Å². The Morgan fingerprint density at radius 2 is 1.86 bits per heavy atom. The summed E-state index contributed by atoms with van der Waals surface area (Å²) in [5.74, 6) is -0.246. The summed E-state index contributed by atoms with van der Waals surface area (Å²) in [6.45, 7) is 4.12. The number of amides is 1. The molecule has 0 aliphatic carbocycles. The van der Waals surface area contributed by atoms with Crippen molar-refractivity contribution in [1.29, 1.82) is 0 Å². The number of anilines is 1. The van der Waals surface area contributed by atoms with Crippen LogP contribution in [0.5, 0.6) is 0 Å². The lowest BCUT2D eigenvalue weighted by Gasteiger charge is -2.12. The minimum Gasteiger partial charge on any atom is -0.319 e. The van der Waals surface area contributed by atoms with E-state index >= 15 is 0 Å². The smallest absolute Gasteiger partial charge is 0.256 e. The van der Waals surface area contributed by atoms with Gasteiger partial charge in [-0.05, 0) is 49.2 Å². The average Bonchev–Trinajstić information content (AvgIpc) is 2.74. The van der Waals surface area contributed by atoms with Crippen LogP contribution < -0.4 is 5.32 Å². The molecule has 0 saturated heterocycles. The first-order valence-corrected chi connectivity index (χ1v) is 9.85. The van der Waals surface area contributed by atoms with Crippen LogP contribution in [0.15, 0.2) is 66.9 Å². The van der Waals surface area contributed by atoms with E-state index in [1.807, 2.05) is 43.3 Å². The molecule has 144 valence electrons. The predicted molar refractivity (Wildman–Crippen MR) is 118 cm³/mol. The van der Waals surface area contributed by atoms with E-state index in [0.29, 0.717) is 11.3 Å². The van der Waals surface area contributed by atoms with Gasteiger partial charge in [-0.15, -0.1) is 0 Å². The maximum Gasteiger partial charge on any atom is 0.256 e. The van der Waals surface area contributed by atoms with E-state index in [1.54, 1.807) is 18.3 Å². The molecule has 5 heteroatoms. The molecule has 0 bridgehead atoms. The lowest BCUT2D eigenvalue weighted by atomic mass is 10.0. The van der Waals surface area contributed by atoms with Crippen molar-refractivity contribution >= 4 is 34.1 Å². The molecule has 0 aliphatic heterocycles. The molecule has 2 aromatic carbocycles. The quantitative estimate of drug-likeness (QED) is 0.422.